The average molecular weight is 250 g/mol. The molecule has 0 amide bonds. The van der Waals surface area contributed by atoms with Crippen LogP contribution in [0.15, 0.2) is 30.6 Å². The zero-order chi connectivity index (χ0) is 12.4. The number of hydrogen-bond donors (Lipinski definition) is 1. The van der Waals surface area contributed by atoms with Gasteiger partial charge in [0.2, 0.25) is 5.95 Å². The number of rotatable bonds is 3. The molecule has 2 rings (SSSR count). The van der Waals surface area contributed by atoms with Crippen molar-refractivity contribution in [2.45, 2.75) is 26.8 Å². The molecule has 2 aromatic rings. The number of aromatic nitrogens is 2. The van der Waals surface area contributed by atoms with E-state index in [-0.39, 0.29) is 0 Å². The van der Waals surface area contributed by atoms with Gasteiger partial charge in [0.25, 0.3) is 0 Å². The fraction of sp³-hybridized carbons (Fsp3) is 0.308. The van der Waals surface area contributed by atoms with Crippen molar-refractivity contribution < 1.29 is 0 Å². The minimum atomic E-state index is 0.343. The van der Waals surface area contributed by atoms with Crippen LogP contribution in [0.3, 0.4) is 0 Å². The summed E-state index contributed by atoms with van der Waals surface area (Å²) in [6, 6.07) is 6.22. The Morgan fingerprint density at radius 2 is 2.12 bits per heavy atom. The van der Waals surface area contributed by atoms with Crippen molar-refractivity contribution in [2.24, 2.45) is 0 Å². The Labute approximate surface area is 106 Å². The fourth-order valence-corrected chi connectivity index (χ4v) is 1.89. The van der Waals surface area contributed by atoms with E-state index in [2.05, 4.69) is 24.1 Å². The Balaban J connectivity index is 2.46. The minimum Gasteiger partial charge on any atom is -0.353 e. The third kappa shape index (κ3) is 2.44. The van der Waals surface area contributed by atoms with Gasteiger partial charge in [-0.15, -0.1) is 0 Å². The standard InChI is InChI=1S/C13H16ClN3/c1-9(2)16-13-15-7-8-17(13)12-6-4-5-11(14)10(12)3/h4-9H,1-3H3,(H,15,16). The van der Waals surface area contributed by atoms with Gasteiger partial charge in [0.15, 0.2) is 0 Å². The lowest BCUT2D eigenvalue weighted by molar-refractivity contribution is 0.863. The second-order valence-corrected chi connectivity index (χ2v) is 4.71. The van der Waals surface area contributed by atoms with E-state index in [1.54, 1.807) is 6.20 Å². The molecule has 17 heavy (non-hydrogen) atoms. The van der Waals surface area contributed by atoms with Gasteiger partial charge in [-0.25, -0.2) is 4.98 Å². The van der Waals surface area contributed by atoms with Crippen molar-refractivity contribution in [2.75, 3.05) is 5.32 Å². The summed E-state index contributed by atoms with van der Waals surface area (Å²) in [5, 5.41) is 4.08. The third-order valence-electron chi connectivity index (χ3n) is 2.56. The summed E-state index contributed by atoms with van der Waals surface area (Å²) in [6.45, 7) is 6.19. The van der Waals surface area contributed by atoms with E-state index >= 15 is 0 Å². The lowest BCUT2D eigenvalue weighted by Gasteiger charge is -2.14. The maximum Gasteiger partial charge on any atom is 0.207 e. The van der Waals surface area contributed by atoms with E-state index in [9.17, 15) is 0 Å². The highest BCUT2D eigenvalue weighted by Gasteiger charge is 2.09. The summed E-state index contributed by atoms with van der Waals surface area (Å²) in [5.41, 5.74) is 2.11. The zero-order valence-electron chi connectivity index (χ0n) is 10.2. The maximum atomic E-state index is 6.13. The monoisotopic (exact) mass is 249 g/mol. The summed E-state index contributed by atoms with van der Waals surface area (Å²) in [7, 11) is 0. The smallest absolute Gasteiger partial charge is 0.207 e. The number of nitrogens with zero attached hydrogens (tertiary/aromatic N) is 2. The lowest BCUT2D eigenvalue weighted by atomic mass is 10.2. The molecule has 3 nitrogen and oxygen atoms in total. The van der Waals surface area contributed by atoms with Crippen LogP contribution in [0, 0.1) is 6.92 Å². The van der Waals surface area contributed by atoms with Gasteiger partial charge in [0.05, 0.1) is 5.69 Å². The third-order valence-corrected chi connectivity index (χ3v) is 2.97. The zero-order valence-corrected chi connectivity index (χ0v) is 11.0. The summed E-state index contributed by atoms with van der Waals surface area (Å²) >= 11 is 6.13. The highest BCUT2D eigenvalue weighted by atomic mass is 35.5. The summed E-state index contributed by atoms with van der Waals surface area (Å²) < 4.78 is 2.02. The van der Waals surface area contributed by atoms with Gasteiger partial charge in [-0.2, -0.15) is 0 Å². The van der Waals surface area contributed by atoms with Crippen molar-refractivity contribution in [3.63, 3.8) is 0 Å². The van der Waals surface area contributed by atoms with Crippen LogP contribution in [0.1, 0.15) is 19.4 Å². The van der Waals surface area contributed by atoms with E-state index in [1.807, 2.05) is 35.9 Å². The first-order valence-corrected chi connectivity index (χ1v) is 6.02. The van der Waals surface area contributed by atoms with E-state index < -0.39 is 0 Å². The van der Waals surface area contributed by atoms with Gasteiger partial charge in [0, 0.05) is 23.5 Å². The first kappa shape index (κ1) is 12.0. The molecule has 0 aliphatic carbocycles. The van der Waals surface area contributed by atoms with Crippen molar-refractivity contribution >= 4 is 17.5 Å². The van der Waals surface area contributed by atoms with Gasteiger partial charge in [-0.1, -0.05) is 17.7 Å². The average Bonchev–Trinajstić information content (AvgIpc) is 2.69. The molecular weight excluding hydrogens is 234 g/mol. The molecule has 0 fully saturated rings. The predicted molar refractivity (Wildman–Crippen MR) is 72.1 cm³/mol. The van der Waals surface area contributed by atoms with Gasteiger partial charge in [-0.05, 0) is 38.5 Å². The molecule has 0 bridgehead atoms. The van der Waals surface area contributed by atoms with Crippen LogP contribution in [0.25, 0.3) is 5.69 Å². The first-order chi connectivity index (χ1) is 8.09. The minimum absolute atomic E-state index is 0.343. The predicted octanol–water partition coefficient (Wildman–Crippen LogP) is 3.65. The van der Waals surface area contributed by atoms with Crippen LogP contribution in [0.4, 0.5) is 5.95 Å². The van der Waals surface area contributed by atoms with E-state index in [0.717, 1.165) is 22.2 Å². The second kappa shape index (κ2) is 4.80. The largest absolute Gasteiger partial charge is 0.353 e. The Morgan fingerprint density at radius 1 is 1.35 bits per heavy atom. The Hall–Kier alpha value is -1.48. The van der Waals surface area contributed by atoms with Crippen LogP contribution >= 0.6 is 11.6 Å². The molecule has 1 aromatic heterocycles. The fourth-order valence-electron chi connectivity index (χ4n) is 1.72. The number of imidazole rings is 1. The van der Waals surface area contributed by atoms with Crippen LogP contribution in [0.2, 0.25) is 5.02 Å². The first-order valence-electron chi connectivity index (χ1n) is 5.65. The molecule has 0 aliphatic heterocycles. The van der Waals surface area contributed by atoms with Crippen LogP contribution in [-0.4, -0.2) is 15.6 Å². The molecule has 90 valence electrons. The van der Waals surface area contributed by atoms with Crippen molar-refractivity contribution in [3.8, 4) is 5.69 Å². The summed E-state index contributed by atoms with van der Waals surface area (Å²) in [4.78, 5) is 4.31. The Bertz CT molecular complexity index is 517. The normalized spacial score (nSPS) is 10.9. The molecule has 1 aromatic carbocycles. The molecule has 1 heterocycles. The van der Waals surface area contributed by atoms with Crippen LogP contribution < -0.4 is 5.32 Å². The van der Waals surface area contributed by atoms with E-state index in [4.69, 9.17) is 11.6 Å². The number of benzene rings is 1. The highest BCUT2D eigenvalue weighted by molar-refractivity contribution is 6.31. The van der Waals surface area contributed by atoms with Crippen LogP contribution in [-0.2, 0) is 0 Å². The molecule has 0 saturated heterocycles. The molecule has 0 atom stereocenters. The van der Waals surface area contributed by atoms with Crippen molar-refractivity contribution in [3.05, 3.63) is 41.2 Å². The van der Waals surface area contributed by atoms with Gasteiger partial charge in [0.1, 0.15) is 0 Å². The number of nitrogens with one attached hydrogen (secondary N) is 1. The number of hydrogen-bond acceptors (Lipinski definition) is 2. The van der Waals surface area contributed by atoms with Crippen molar-refractivity contribution in [1.29, 1.82) is 0 Å². The molecule has 0 aliphatic rings. The molecular formula is C13H16ClN3. The Morgan fingerprint density at radius 3 is 2.82 bits per heavy atom. The SMILES string of the molecule is Cc1c(Cl)cccc1-n1ccnc1NC(C)C. The topological polar surface area (TPSA) is 29.9 Å². The summed E-state index contributed by atoms with van der Waals surface area (Å²) in [6.07, 6.45) is 3.72. The molecule has 4 heteroatoms. The Kier molecular flexibility index (Phi) is 3.38. The molecule has 0 saturated carbocycles. The highest BCUT2D eigenvalue weighted by Crippen LogP contribution is 2.24. The molecule has 0 unspecified atom stereocenters. The van der Waals surface area contributed by atoms with Gasteiger partial charge in [-0.3, -0.25) is 4.57 Å². The van der Waals surface area contributed by atoms with Crippen LogP contribution in [0.5, 0.6) is 0 Å². The quantitative estimate of drug-likeness (QED) is 0.900. The summed E-state index contributed by atoms with van der Waals surface area (Å²) in [5.74, 6) is 0.838. The molecule has 0 spiro atoms. The van der Waals surface area contributed by atoms with Gasteiger partial charge >= 0.3 is 0 Å². The number of halogens is 1. The molecule has 0 radical (unpaired) electrons. The molecule has 1 N–H and O–H groups in total. The van der Waals surface area contributed by atoms with Crippen molar-refractivity contribution in [1.82, 2.24) is 9.55 Å². The second-order valence-electron chi connectivity index (χ2n) is 4.30. The number of anilines is 1. The van der Waals surface area contributed by atoms with Gasteiger partial charge < -0.3 is 5.32 Å². The van der Waals surface area contributed by atoms with E-state index in [0.29, 0.717) is 6.04 Å². The lowest BCUT2D eigenvalue weighted by Crippen LogP contribution is -2.14. The maximum absolute atomic E-state index is 6.13. The van der Waals surface area contributed by atoms with E-state index in [1.165, 1.54) is 0 Å².